The summed E-state index contributed by atoms with van der Waals surface area (Å²) in [7, 11) is 0. The van der Waals surface area contributed by atoms with E-state index < -0.39 is 5.97 Å². The van der Waals surface area contributed by atoms with Crippen LogP contribution in [0.15, 0.2) is 30.4 Å². The van der Waals surface area contributed by atoms with Crippen molar-refractivity contribution in [1.82, 2.24) is 0 Å². The molecule has 0 aliphatic heterocycles. The summed E-state index contributed by atoms with van der Waals surface area (Å²) in [6.07, 6.45) is 0. The van der Waals surface area contributed by atoms with Crippen LogP contribution in [0.25, 0.3) is 0 Å². The molecule has 1 aromatic rings. The molecule has 0 bridgehead atoms. The maximum atomic E-state index is 11.8. The third-order valence-electron chi connectivity index (χ3n) is 2.32. The largest absolute Gasteiger partial charge is 0.507 e. The van der Waals surface area contributed by atoms with Gasteiger partial charge < -0.3 is 9.84 Å². The topological polar surface area (TPSA) is 63.6 Å². The highest BCUT2D eigenvalue weighted by molar-refractivity contribution is 6.00. The Morgan fingerprint density at radius 2 is 1.94 bits per heavy atom. The van der Waals surface area contributed by atoms with E-state index in [1.165, 1.54) is 25.1 Å². The van der Waals surface area contributed by atoms with Crippen molar-refractivity contribution >= 4 is 11.8 Å². The van der Waals surface area contributed by atoms with Gasteiger partial charge in [0.1, 0.15) is 11.5 Å². The Kier molecular flexibility index (Phi) is 4.26. The van der Waals surface area contributed by atoms with Crippen molar-refractivity contribution in [3.8, 4) is 11.5 Å². The molecule has 1 rings (SSSR count). The molecule has 0 aromatic heterocycles. The number of carbonyl (C=O) groups is 2. The normalized spacial score (nSPS) is 10.2. The van der Waals surface area contributed by atoms with E-state index in [-0.39, 0.29) is 34.3 Å². The molecular formula is C14H16O4. The lowest BCUT2D eigenvalue weighted by Crippen LogP contribution is -2.11. The molecule has 4 heteroatoms. The Morgan fingerprint density at radius 1 is 1.33 bits per heavy atom. The Bertz CT molecular complexity index is 501. The lowest BCUT2D eigenvalue weighted by Gasteiger charge is -2.09. The van der Waals surface area contributed by atoms with Gasteiger partial charge >= 0.3 is 5.97 Å². The summed E-state index contributed by atoms with van der Waals surface area (Å²) in [6.45, 7) is 8.46. The molecule has 18 heavy (non-hydrogen) atoms. The summed E-state index contributed by atoms with van der Waals surface area (Å²) >= 11 is 0. The first-order chi connectivity index (χ1) is 8.32. The van der Waals surface area contributed by atoms with Gasteiger partial charge in [-0.3, -0.25) is 4.79 Å². The zero-order valence-corrected chi connectivity index (χ0v) is 10.7. The second-order valence-corrected chi connectivity index (χ2v) is 4.37. The molecule has 0 spiro atoms. The maximum Gasteiger partial charge on any atom is 0.338 e. The van der Waals surface area contributed by atoms with E-state index >= 15 is 0 Å². The molecule has 0 unspecified atom stereocenters. The maximum absolute atomic E-state index is 11.8. The number of esters is 1. The molecule has 0 aliphatic rings. The van der Waals surface area contributed by atoms with Crippen LogP contribution < -0.4 is 4.74 Å². The first kappa shape index (κ1) is 14.0. The third kappa shape index (κ3) is 3.20. The zero-order valence-electron chi connectivity index (χ0n) is 10.7. The highest BCUT2D eigenvalue weighted by atomic mass is 16.5. The lowest BCUT2D eigenvalue weighted by atomic mass is 10.00. The molecule has 1 aromatic carbocycles. The number of hydrogen-bond donors (Lipinski definition) is 1. The Morgan fingerprint density at radius 3 is 2.44 bits per heavy atom. The van der Waals surface area contributed by atoms with Gasteiger partial charge in [-0.2, -0.15) is 0 Å². The average molecular weight is 248 g/mol. The summed E-state index contributed by atoms with van der Waals surface area (Å²) < 4.78 is 5.00. The smallest absolute Gasteiger partial charge is 0.338 e. The highest BCUT2D eigenvalue weighted by Crippen LogP contribution is 2.25. The van der Waals surface area contributed by atoms with Crippen LogP contribution in [0.1, 0.15) is 31.1 Å². The quantitative estimate of drug-likeness (QED) is 0.385. The zero-order chi connectivity index (χ0) is 13.9. The Hall–Kier alpha value is -2.10. The minimum Gasteiger partial charge on any atom is -0.507 e. The van der Waals surface area contributed by atoms with E-state index in [0.717, 1.165) is 0 Å². The fraction of sp³-hybridized carbons (Fsp3) is 0.286. The number of ketones is 1. The molecule has 96 valence electrons. The number of rotatable bonds is 4. The van der Waals surface area contributed by atoms with Gasteiger partial charge in [-0.1, -0.05) is 20.4 Å². The van der Waals surface area contributed by atoms with Crippen molar-refractivity contribution in [2.75, 3.05) is 0 Å². The van der Waals surface area contributed by atoms with Crippen molar-refractivity contribution < 1.29 is 19.4 Å². The monoisotopic (exact) mass is 248 g/mol. The number of phenols is 1. The number of phenolic OH excluding ortho intramolecular Hbond substituents is 1. The van der Waals surface area contributed by atoms with Crippen LogP contribution in [0, 0.1) is 5.92 Å². The molecule has 0 fully saturated rings. The van der Waals surface area contributed by atoms with Crippen LogP contribution >= 0.6 is 0 Å². The van der Waals surface area contributed by atoms with Crippen molar-refractivity contribution in [3.63, 3.8) is 0 Å². The van der Waals surface area contributed by atoms with E-state index in [0.29, 0.717) is 0 Å². The second-order valence-electron chi connectivity index (χ2n) is 4.37. The SMILES string of the molecule is C=C(C)C(=O)Oc1ccc(O)c(C(=O)C(C)C)c1. The summed E-state index contributed by atoms with van der Waals surface area (Å²) in [5.41, 5.74) is 0.414. The number of Topliss-reactive ketones (excluding diaryl/α,β-unsaturated/α-hetero) is 1. The van der Waals surface area contributed by atoms with Crippen molar-refractivity contribution in [1.29, 1.82) is 0 Å². The predicted octanol–water partition coefficient (Wildman–Crippen LogP) is 2.71. The van der Waals surface area contributed by atoms with E-state index in [9.17, 15) is 14.7 Å². The number of hydrogen-bond acceptors (Lipinski definition) is 4. The van der Waals surface area contributed by atoms with E-state index in [1.54, 1.807) is 13.8 Å². The Labute approximate surface area is 106 Å². The van der Waals surface area contributed by atoms with Gasteiger partial charge in [0.2, 0.25) is 0 Å². The number of carbonyl (C=O) groups excluding carboxylic acids is 2. The molecule has 0 saturated carbocycles. The van der Waals surface area contributed by atoms with Crippen LogP contribution in [-0.4, -0.2) is 16.9 Å². The lowest BCUT2D eigenvalue weighted by molar-refractivity contribution is -0.130. The number of aromatic hydroxyl groups is 1. The van der Waals surface area contributed by atoms with Gasteiger partial charge in [-0.15, -0.1) is 0 Å². The summed E-state index contributed by atoms with van der Waals surface area (Å²) in [4.78, 5) is 23.2. The van der Waals surface area contributed by atoms with Gasteiger partial charge in [0.15, 0.2) is 5.78 Å². The van der Waals surface area contributed by atoms with Crippen LogP contribution in [-0.2, 0) is 4.79 Å². The first-order valence-corrected chi connectivity index (χ1v) is 5.58. The van der Waals surface area contributed by atoms with E-state index in [1.807, 2.05) is 0 Å². The predicted molar refractivity (Wildman–Crippen MR) is 67.7 cm³/mol. The molecule has 0 radical (unpaired) electrons. The van der Waals surface area contributed by atoms with E-state index in [4.69, 9.17) is 4.74 Å². The summed E-state index contributed by atoms with van der Waals surface area (Å²) in [6, 6.07) is 4.11. The number of benzene rings is 1. The van der Waals surface area contributed by atoms with Gasteiger partial charge in [-0.05, 0) is 25.1 Å². The van der Waals surface area contributed by atoms with Crippen molar-refractivity contribution in [2.24, 2.45) is 5.92 Å². The van der Waals surface area contributed by atoms with Gasteiger partial charge in [0, 0.05) is 11.5 Å². The average Bonchev–Trinajstić information content (AvgIpc) is 2.30. The molecule has 0 heterocycles. The molecular weight excluding hydrogens is 232 g/mol. The fourth-order valence-electron chi connectivity index (χ4n) is 1.28. The van der Waals surface area contributed by atoms with Gasteiger partial charge in [0.05, 0.1) is 5.56 Å². The second kappa shape index (κ2) is 5.49. The molecule has 0 saturated heterocycles. The highest BCUT2D eigenvalue weighted by Gasteiger charge is 2.16. The van der Waals surface area contributed by atoms with Crippen LogP contribution in [0.3, 0.4) is 0 Å². The first-order valence-electron chi connectivity index (χ1n) is 5.58. The summed E-state index contributed by atoms with van der Waals surface area (Å²) in [5.74, 6) is -0.930. The molecule has 0 aliphatic carbocycles. The fourth-order valence-corrected chi connectivity index (χ4v) is 1.28. The summed E-state index contributed by atoms with van der Waals surface area (Å²) in [5, 5.41) is 9.62. The molecule has 0 atom stereocenters. The standard InChI is InChI=1S/C14H16O4/c1-8(2)13(16)11-7-10(5-6-12(11)15)18-14(17)9(3)4/h5-8,15H,3H2,1-2,4H3. The van der Waals surface area contributed by atoms with Crippen molar-refractivity contribution in [3.05, 3.63) is 35.9 Å². The van der Waals surface area contributed by atoms with E-state index in [2.05, 4.69) is 6.58 Å². The van der Waals surface area contributed by atoms with Crippen molar-refractivity contribution in [2.45, 2.75) is 20.8 Å². The molecule has 4 nitrogen and oxygen atoms in total. The number of ether oxygens (including phenoxy) is 1. The van der Waals surface area contributed by atoms with Crippen LogP contribution in [0.4, 0.5) is 0 Å². The third-order valence-corrected chi connectivity index (χ3v) is 2.32. The minimum atomic E-state index is -0.566. The van der Waals surface area contributed by atoms with Crippen LogP contribution in [0.2, 0.25) is 0 Å². The van der Waals surface area contributed by atoms with Crippen LogP contribution in [0.5, 0.6) is 11.5 Å². The molecule has 1 N–H and O–H groups in total. The minimum absolute atomic E-state index is 0.121. The molecule has 0 amide bonds. The van der Waals surface area contributed by atoms with Gasteiger partial charge in [-0.25, -0.2) is 4.79 Å². The Balaban J connectivity index is 3.05. The van der Waals surface area contributed by atoms with Gasteiger partial charge in [0.25, 0.3) is 0 Å².